The van der Waals surface area contributed by atoms with E-state index in [2.05, 4.69) is 15.5 Å². The highest BCUT2D eigenvalue weighted by molar-refractivity contribution is 5.98. The number of likely N-dealkylation sites (tertiary alicyclic amines) is 1. The largest absolute Gasteiger partial charge is 0.418 e. The highest BCUT2D eigenvalue weighted by Gasteiger charge is 2.45. The van der Waals surface area contributed by atoms with Crippen molar-refractivity contribution in [1.82, 2.24) is 20.4 Å². The molecule has 3 rings (SSSR count). The Kier molecular flexibility index (Phi) is 4.68. The maximum atomic E-state index is 12.7. The maximum absolute atomic E-state index is 12.7. The summed E-state index contributed by atoms with van der Waals surface area (Å²) in [6.07, 6.45) is 3.35. The van der Waals surface area contributed by atoms with Crippen molar-refractivity contribution in [3.05, 3.63) is 11.8 Å². The molecule has 1 saturated carbocycles. The molecule has 1 atom stereocenters. The first-order valence-electron chi connectivity index (χ1n) is 8.79. The second kappa shape index (κ2) is 6.49. The average Bonchev–Trinajstić information content (AvgIpc) is 3.03. The summed E-state index contributed by atoms with van der Waals surface area (Å²) >= 11 is 0. The molecule has 8 nitrogen and oxygen atoms in total. The van der Waals surface area contributed by atoms with E-state index in [1.54, 1.807) is 4.90 Å². The van der Waals surface area contributed by atoms with Gasteiger partial charge in [0, 0.05) is 17.5 Å². The molecule has 1 unspecified atom stereocenters. The second-order valence-corrected chi connectivity index (χ2v) is 7.98. The molecule has 25 heavy (non-hydrogen) atoms. The smallest absolute Gasteiger partial charge is 0.286 e. The van der Waals surface area contributed by atoms with Crippen LogP contribution in [0.2, 0.25) is 0 Å². The van der Waals surface area contributed by atoms with Crippen LogP contribution in [-0.2, 0) is 10.2 Å². The first kappa shape index (κ1) is 18.0. The molecule has 0 spiro atoms. The van der Waals surface area contributed by atoms with Crippen LogP contribution in [0.15, 0.2) is 4.42 Å². The molecule has 138 valence electrons. The lowest BCUT2D eigenvalue weighted by molar-refractivity contribution is -0.130. The number of Topliss-reactive ketones (excluding diaryl/α,β-unsaturated/α-hetero) is 1. The van der Waals surface area contributed by atoms with Crippen molar-refractivity contribution in [3.8, 4) is 0 Å². The summed E-state index contributed by atoms with van der Waals surface area (Å²) in [5.74, 6) is 0.0658. The Morgan fingerprint density at radius 1 is 1.40 bits per heavy atom. The van der Waals surface area contributed by atoms with Gasteiger partial charge in [0.15, 0.2) is 0 Å². The number of nitrogens with one attached hydrogen (secondary N) is 1. The van der Waals surface area contributed by atoms with Crippen molar-refractivity contribution in [1.29, 1.82) is 0 Å². The number of aliphatic hydroxyl groups excluding tert-OH is 1. The molecule has 2 heterocycles. The van der Waals surface area contributed by atoms with E-state index in [9.17, 15) is 14.7 Å². The molecule has 0 aromatic carbocycles. The fraction of sp³-hybridized carbons (Fsp3) is 0.765. The van der Waals surface area contributed by atoms with E-state index in [0.29, 0.717) is 18.9 Å². The molecular weight excluding hydrogens is 324 g/mol. The van der Waals surface area contributed by atoms with Gasteiger partial charge in [-0.1, -0.05) is 6.92 Å². The summed E-state index contributed by atoms with van der Waals surface area (Å²) in [5, 5.41) is 20.2. The van der Waals surface area contributed by atoms with Crippen molar-refractivity contribution >= 4 is 11.7 Å². The number of amides is 1. The number of carbonyl (C=O) groups excluding carboxylic acids is 2. The van der Waals surface area contributed by atoms with E-state index in [1.165, 1.54) is 0 Å². The molecule has 0 bridgehead atoms. The van der Waals surface area contributed by atoms with Gasteiger partial charge in [-0.15, -0.1) is 10.2 Å². The van der Waals surface area contributed by atoms with Crippen LogP contribution in [-0.4, -0.2) is 63.2 Å². The zero-order chi connectivity index (χ0) is 18.2. The molecule has 1 aromatic heterocycles. The van der Waals surface area contributed by atoms with Gasteiger partial charge in [0.1, 0.15) is 6.04 Å². The van der Waals surface area contributed by atoms with E-state index in [1.807, 2.05) is 20.8 Å². The summed E-state index contributed by atoms with van der Waals surface area (Å²) in [6, 6.07) is -0.549. The minimum absolute atomic E-state index is 0.00327. The van der Waals surface area contributed by atoms with E-state index < -0.39 is 11.6 Å². The van der Waals surface area contributed by atoms with Gasteiger partial charge in [-0.3, -0.25) is 9.59 Å². The second-order valence-electron chi connectivity index (χ2n) is 7.98. The molecule has 1 saturated heterocycles. The Morgan fingerprint density at radius 3 is 2.76 bits per heavy atom. The summed E-state index contributed by atoms with van der Waals surface area (Å²) in [5.41, 5.74) is -0.632. The van der Waals surface area contributed by atoms with Gasteiger partial charge in [0.05, 0.1) is 13.2 Å². The zero-order valence-corrected chi connectivity index (χ0v) is 15.0. The van der Waals surface area contributed by atoms with Crippen LogP contribution in [0.25, 0.3) is 0 Å². The molecular formula is C17H26N4O4. The number of carbonyl (C=O) groups is 2. The van der Waals surface area contributed by atoms with E-state index >= 15 is 0 Å². The Morgan fingerprint density at radius 2 is 2.12 bits per heavy atom. The molecule has 1 amide bonds. The van der Waals surface area contributed by atoms with Crippen LogP contribution in [0.5, 0.6) is 0 Å². The fourth-order valence-corrected chi connectivity index (χ4v) is 2.92. The van der Waals surface area contributed by atoms with Crippen LogP contribution in [0, 0.1) is 0 Å². The quantitative estimate of drug-likeness (QED) is 0.695. The molecule has 8 heteroatoms. The Hall–Kier alpha value is -1.80. The number of nitrogens with zero attached hydrogens (tertiary/aromatic N) is 3. The lowest BCUT2D eigenvalue weighted by Crippen LogP contribution is -2.50. The number of hydrogen-bond acceptors (Lipinski definition) is 7. The highest BCUT2D eigenvalue weighted by atomic mass is 16.4. The Labute approximate surface area is 147 Å². The van der Waals surface area contributed by atoms with Gasteiger partial charge >= 0.3 is 0 Å². The van der Waals surface area contributed by atoms with Crippen molar-refractivity contribution in [3.63, 3.8) is 0 Å². The third-order valence-corrected chi connectivity index (χ3v) is 5.14. The molecule has 2 N–H and O–H groups in total. The van der Waals surface area contributed by atoms with Gasteiger partial charge in [0.25, 0.3) is 5.89 Å². The molecule has 1 aliphatic heterocycles. The number of aliphatic hydroxyl groups is 1. The van der Waals surface area contributed by atoms with Crippen molar-refractivity contribution < 1.29 is 19.1 Å². The number of ketones is 1. The lowest BCUT2D eigenvalue weighted by atomic mass is 10.1. The fourth-order valence-electron chi connectivity index (χ4n) is 2.92. The van der Waals surface area contributed by atoms with Crippen LogP contribution >= 0.6 is 0 Å². The van der Waals surface area contributed by atoms with Gasteiger partial charge in [-0.25, -0.2) is 0 Å². The normalized spacial score (nSPS) is 22.2. The molecule has 1 aliphatic carbocycles. The molecule has 0 radical (unpaired) electrons. The summed E-state index contributed by atoms with van der Waals surface area (Å²) < 4.78 is 5.59. The number of aromatic nitrogens is 2. The van der Waals surface area contributed by atoms with Gasteiger partial charge in [-0.2, -0.15) is 0 Å². The SMILES string of the molecule is CC(C)(CO)NCC(=O)N1CCCC1C(=O)c1nnc(C2(C)CC2)o1. The van der Waals surface area contributed by atoms with Gasteiger partial charge < -0.3 is 19.7 Å². The summed E-state index contributed by atoms with van der Waals surface area (Å²) in [7, 11) is 0. The van der Waals surface area contributed by atoms with Crippen LogP contribution in [0.1, 0.15) is 63.0 Å². The van der Waals surface area contributed by atoms with Crippen molar-refractivity contribution in [2.75, 3.05) is 19.7 Å². The van der Waals surface area contributed by atoms with E-state index in [-0.39, 0.29) is 36.1 Å². The molecule has 2 fully saturated rings. The predicted octanol–water partition coefficient (Wildman–Crippen LogP) is 0.655. The Balaban J connectivity index is 1.65. The lowest BCUT2D eigenvalue weighted by Gasteiger charge is -2.27. The van der Waals surface area contributed by atoms with Crippen molar-refractivity contribution in [2.45, 2.75) is 63.5 Å². The average molecular weight is 350 g/mol. The van der Waals surface area contributed by atoms with Crippen LogP contribution in [0.3, 0.4) is 0 Å². The molecule has 1 aromatic rings. The van der Waals surface area contributed by atoms with Crippen LogP contribution in [0.4, 0.5) is 0 Å². The molecule has 2 aliphatic rings. The number of hydrogen-bond donors (Lipinski definition) is 2. The minimum Gasteiger partial charge on any atom is -0.418 e. The third kappa shape index (κ3) is 3.74. The third-order valence-electron chi connectivity index (χ3n) is 5.14. The summed E-state index contributed by atoms with van der Waals surface area (Å²) in [4.78, 5) is 26.8. The monoisotopic (exact) mass is 350 g/mol. The topological polar surface area (TPSA) is 109 Å². The first-order valence-corrected chi connectivity index (χ1v) is 8.79. The number of rotatable bonds is 7. The van der Waals surface area contributed by atoms with E-state index in [0.717, 1.165) is 19.3 Å². The Bertz CT molecular complexity index is 665. The minimum atomic E-state index is -0.549. The summed E-state index contributed by atoms with van der Waals surface area (Å²) in [6.45, 7) is 6.19. The zero-order valence-electron chi connectivity index (χ0n) is 15.0. The van der Waals surface area contributed by atoms with Gasteiger partial charge in [-0.05, 0) is 39.5 Å². The van der Waals surface area contributed by atoms with E-state index in [4.69, 9.17) is 4.42 Å². The predicted molar refractivity (Wildman–Crippen MR) is 89.1 cm³/mol. The van der Waals surface area contributed by atoms with Gasteiger partial charge in [0.2, 0.25) is 17.6 Å². The highest BCUT2D eigenvalue weighted by Crippen LogP contribution is 2.46. The standard InChI is InChI=1S/C17H26N4O4/c1-16(2,10-22)18-9-12(23)21-8-4-5-11(21)13(24)14-19-20-15(25-14)17(3)6-7-17/h11,18,22H,4-10H2,1-3H3. The maximum Gasteiger partial charge on any atom is 0.286 e. The first-order chi connectivity index (χ1) is 11.8. The van der Waals surface area contributed by atoms with Crippen molar-refractivity contribution in [2.24, 2.45) is 0 Å². The van der Waals surface area contributed by atoms with Crippen LogP contribution < -0.4 is 5.32 Å².